The molecule has 5 nitrogen and oxygen atoms in total. The first-order valence-corrected chi connectivity index (χ1v) is 11.8. The van der Waals surface area contributed by atoms with E-state index < -0.39 is 0 Å². The van der Waals surface area contributed by atoms with Gasteiger partial charge in [0, 0.05) is 16.9 Å². The molecule has 0 aliphatic carbocycles. The Labute approximate surface area is 210 Å². The second-order valence-corrected chi connectivity index (χ2v) is 9.73. The third-order valence-electron chi connectivity index (χ3n) is 6.00. The summed E-state index contributed by atoms with van der Waals surface area (Å²) in [5.74, 6) is -0.0925. The summed E-state index contributed by atoms with van der Waals surface area (Å²) in [6, 6.07) is 25.5. The van der Waals surface area contributed by atoms with E-state index in [9.17, 15) is 9.18 Å². The number of benzene rings is 3. The van der Waals surface area contributed by atoms with Gasteiger partial charge in [0.15, 0.2) is 0 Å². The van der Waals surface area contributed by atoms with Gasteiger partial charge < -0.3 is 10.1 Å². The number of nitrogens with zero attached hydrogens (tertiary/aromatic N) is 2. The summed E-state index contributed by atoms with van der Waals surface area (Å²) >= 11 is 0. The predicted octanol–water partition coefficient (Wildman–Crippen LogP) is 6.38. The summed E-state index contributed by atoms with van der Waals surface area (Å²) in [4.78, 5) is 17.6. The molecule has 0 radical (unpaired) electrons. The van der Waals surface area contributed by atoms with Crippen LogP contribution in [0.3, 0.4) is 0 Å². The van der Waals surface area contributed by atoms with E-state index >= 15 is 0 Å². The Hall–Kier alpha value is -4.24. The number of carbonyl (C=O) groups is 1. The second-order valence-electron chi connectivity index (χ2n) is 9.73. The zero-order valence-corrected chi connectivity index (χ0v) is 20.6. The molecule has 0 saturated heterocycles. The van der Waals surface area contributed by atoms with Crippen molar-refractivity contribution in [1.82, 2.24) is 10.3 Å². The average Bonchev–Trinajstić information content (AvgIpc) is 2.86. The Balaban J connectivity index is 1.69. The van der Waals surface area contributed by atoms with Gasteiger partial charge in [-0.25, -0.2) is 9.37 Å². The van der Waals surface area contributed by atoms with Gasteiger partial charge in [-0.1, -0.05) is 57.2 Å². The Bertz CT molecular complexity index is 1420. The molecule has 1 heterocycles. The van der Waals surface area contributed by atoms with Crippen LogP contribution in [0.4, 0.5) is 4.39 Å². The Kier molecular flexibility index (Phi) is 7.30. The number of aromatic nitrogens is 1. The number of hydrogen-bond donors (Lipinski definition) is 1. The zero-order valence-electron chi connectivity index (χ0n) is 20.6. The first-order chi connectivity index (χ1) is 17.3. The van der Waals surface area contributed by atoms with E-state index in [4.69, 9.17) is 10.00 Å². The maximum Gasteiger partial charge on any atom is 0.252 e. The maximum atomic E-state index is 13.5. The molecule has 1 unspecified atom stereocenters. The van der Waals surface area contributed by atoms with E-state index in [0.717, 1.165) is 16.5 Å². The largest absolute Gasteiger partial charge is 0.487 e. The fraction of sp³-hybridized carbons (Fsp3) is 0.233. The third kappa shape index (κ3) is 5.69. The van der Waals surface area contributed by atoms with Crippen molar-refractivity contribution in [2.75, 3.05) is 6.54 Å². The minimum atomic E-state index is -0.299. The Morgan fingerprint density at radius 2 is 1.83 bits per heavy atom. The summed E-state index contributed by atoms with van der Waals surface area (Å²) in [5, 5.41) is 12.3. The molecule has 36 heavy (non-hydrogen) atoms. The van der Waals surface area contributed by atoms with Gasteiger partial charge in [-0.05, 0) is 59.0 Å². The molecule has 1 aromatic heterocycles. The zero-order chi connectivity index (χ0) is 25.7. The molecule has 0 spiro atoms. The molecule has 0 bridgehead atoms. The van der Waals surface area contributed by atoms with Gasteiger partial charge in [0.05, 0.1) is 17.3 Å². The highest BCUT2D eigenvalue weighted by Gasteiger charge is 2.31. The van der Waals surface area contributed by atoms with Gasteiger partial charge in [0.1, 0.15) is 24.7 Å². The molecule has 0 fully saturated rings. The van der Waals surface area contributed by atoms with Crippen molar-refractivity contribution in [3.63, 3.8) is 0 Å². The Morgan fingerprint density at radius 1 is 1.06 bits per heavy atom. The number of ether oxygens (including phenoxy) is 1. The number of nitriles is 1. The van der Waals surface area contributed by atoms with Crippen LogP contribution in [0.5, 0.6) is 5.75 Å². The van der Waals surface area contributed by atoms with Crippen LogP contribution in [0.1, 0.15) is 53.9 Å². The van der Waals surface area contributed by atoms with Crippen molar-refractivity contribution in [2.45, 2.75) is 33.3 Å². The number of pyridine rings is 1. The molecule has 6 heteroatoms. The molecule has 3 aromatic carbocycles. The van der Waals surface area contributed by atoms with Crippen LogP contribution in [-0.2, 0) is 6.61 Å². The highest BCUT2D eigenvalue weighted by Crippen LogP contribution is 2.43. The number of fused-ring (bicyclic) bond motifs is 1. The number of hydrogen-bond acceptors (Lipinski definition) is 4. The van der Waals surface area contributed by atoms with Crippen LogP contribution in [0.2, 0.25) is 0 Å². The third-order valence-corrected chi connectivity index (χ3v) is 6.00. The lowest BCUT2D eigenvalue weighted by molar-refractivity contribution is 0.0956. The molecule has 1 amide bonds. The van der Waals surface area contributed by atoms with Gasteiger partial charge in [-0.2, -0.15) is 5.26 Å². The van der Waals surface area contributed by atoms with Gasteiger partial charge in [-0.15, -0.1) is 0 Å². The van der Waals surface area contributed by atoms with E-state index in [2.05, 4.69) is 43.2 Å². The average molecular weight is 482 g/mol. The minimum absolute atomic E-state index is 0.0699. The summed E-state index contributed by atoms with van der Waals surface area (Å²) < 4.78 is 19.6. The fourth-order valence-corrected chi connectivity index (χ4v) is 4.46. The van der Waals surface area contributed by atoms with Gasteiger partial charge in [0.25, 0.3) is 5.91 Å². The predicted molar refractivity (Wildman–Crippen MR) is 138 cm³/mol. The van der Waals surface area contributed by atoms with Crippen LogP contribution in [-0.4, -0.2) is 17.4 Å². The standard InChI is InChI=1S/C30H28FN3O2/c1-30(2,3)28(20-7-5-4-6-8-20)26-18-24(12-13-25(26)29(35)33-16-15-32)36-19-23-11-9-21-17-22(31)10-14-27(21)34-23/h4-14,17-18,28H,16,19H2,1-3H3,(H,33,35). The molecule has 182 valence electrons. The topological polar surface area (TPSA) is 75.0 Å². The lowest BCUT2D eigenvalue weighted by Crippen LogP contribution is -2.28. The molecule has 4 aromatic rings. The molecular weight excluding hydrogens is 453 g/mol. The van der Waals surface area contributed by atoms with Crippen molar-refractivity contribution in [2.24, 2.45) is 5.41 Å². The van der Waals surface area contributed by atoms with Crippen molar-refractivity contribution in [3.8, 4) is 11.8 Å². The van der Waals surface area contributed by atoms with Crippen LogP contribution in [0.25, 0.3) is 10.9 Å². The van der Waals surface area contributed by atoms with Crippen molar-refractivity contribution >= 4 is 16.8 Å². The molecular formula is C30H28FN3O2. The lowest BCUT2D eigenvalue weighted by atomic mass is 9.71. The highest BCUT2D eigenvalue weighted by molar-refractivity contribution is 5.96. The van der Waals surface area contributed by atoms with Gasteiger partial charge >= 0.3 is 0 Å². The number of amides is 1. The maximum absolute atomic E-state index is 13.5. The number of rotatable bonds is 7. The van der Waals surface area contributed by atoms with Crippen molar-refractivity contribution in [3.05, 3.63) is 107 Å². The Morgan fingerprint density at radius 3 is 2.56 bits per heavy atom. The summed E-state index contributed by atoms with van der Waals surface area (Å²) in [5.41, 5.74) is 3.61. The van der Waals surface area contributed by atoms with Gasteiger partial charge in [0.2, 0.25) is 0 Å². The van der Waals surface area contributed by atoms with Crippen molar-refractivity contribution < 1.29 is 13.9 Å². The number of nitrogens with one attached hydrogen (secondary N) is 1. The molecule has 1 N–H and O–H groups in total. The van der Waals surface area contributed by atoms with Crippen LogP contribution in [0.15, 0.2) is 78.9 Å². The van der Waals surface area contributed by atoms with Crippen LogP contribution in [0, 0.1) is 22.6 Å². The molecule has 0 aliphatic heterocycles. The SMILES string of the molecule is CC(C)(C)C(c1ccccc1)c1cc(OCc2ccc3cc(F)ccc3n2)ccc1C(=O)NCC#N. The first kappa shape index (κ1) is 24.9. The second kappa shape index (κ2) is 10.6. The van der Waals surface area contributed by atoms with Crippen LogP contribution < -0.4 is 10.1 Å². The number of carbonyl (C=O) groups excluding carboxylic acids is 1. The molecule has 4 rings (SSSR count). The minimum Gasteiger partial charge on any atom is -0.487 e. The number of halogens is 1. The quantitative estimate of drug-likeness (QED) is 0.311. The summed E-state index contributed by atoms with van der Waals surface area (Å²) in [6.45, 7) is 6.56. The van der Waals surface area contributed by atoms with Gasteiger partial charge in [-0.3, -0.25) is 4.79 Å². The fourth-order valence-electron chi connectivity index (χ4n) is 4.46. The highest BCUT2D eigenvalue weighted by atomic mass is 19.1. The summed E-state index contributed by atoms with van der Waals surface area (Å²) in [6.07, 6.45) is 0. The molecule has 0 saturated carbocycles. The van der Waals surface area contributed by atoms with E-state index in [0.29, 0.717) is 22.5 Å². The van der Waals surface area contributed by atoms with E-state index in [1.165, 1.54) is 12.1 Å². The first-order valence-electron chi connectivity index (χ1n) is 11.8. The van der Waals surface area contributed by atoms with Crippen molar-refractivity contribution in [1.29, 1.82) is 5.26 Å². The summed E-state index contributed by atoms with van der Waals surface area (Å²) in [7, 11) is 0. The van der Waals surface area contributed by atoms with E-state index in [1.54, 1.807) is 18.2 Å². The normalized spacial score (nSPS) is 12.1. The lowest BCUT2D eigenvalue weighted by Gasteiger charge is -2.33. The smallest absolute Gasteiger partial charge is 0.252 e. The van der Waals surface area contributed by atoms with E-state index in [1.807, 2.05) is 42.5 Å². The monoisotopic (exact) mass is 481 g/mol. The van der Waals surface area contributed by atoms with E-state index in [-0.39, 0.29) is 36.2 Å². The molecule has 1 atom stereocenters. The van der Waals surface area contributed by atoms with Crippen LogP contribution >= 0.6 is 0 Å². The molecule has 0 aliphatic rings.